The van der Waals surface area contributed by atoms with Gasteiger partial charge in [-0.1, -0.05) is 0 Å². The summed E-state index contributed by atoms with van der Waals surface area (Å²) < 4.78 is 0. The number of nitrogens with zero attached hydrogens (tertiary/aromatic N) is 2. The van der Waals surface area contributed by atoms with Crippen molar-refractivity contribution in [2.24, 2.45) is 5.73 Å². The van der Waals surface area contributed by atoms with Crippen LogP contribution in [0, 0.1) is 0 Å². The molecule has 0 saturated carbocycles. The molecule has 1 saturated heterocycles. The average Bonchev–Trinajstić information content (AvgIpc) is 2.28. The Hall–Kier alpha value is -0.120. The quantitative estimate of drug-likeness (QED) is 0.728. The van der Waals surface area contributed by atoms with E-state index in [2.05, 4.69) is 30.8 Å². The van der Waals surface area contributed by atoms with Crippen molar-refractivity contribution >= 4 is 0 Å². The molecule has 1 heterocycles. The average molecular weight is 199 g/mol. The summed E-state index contributed by atoms with van der Waals surface area (Å²) in [5, 5.41) is 0. The summed E-state index contributed by atoms with van der Waals surface area (Å²) in [5.41, 5.74) is 5.81. The fraction of sp³-hybridized carbons (Fsp3) is 1.00. The van der Waals surface area contributed by atoms with Gasteiger partial charge in [0.25, 0.3) is 0 Å². The molecule has 0 bridgehead atoms. The van der Waals surface area contributed by atoms with Crippen molar-refractivity contribution in [3.63, 3.8) is 0 Å². The molecule has 3 heteroatoms. The normalized spacial score (nSPS) is 27.6. The van der Waals surface area contributed by atoms with Gasteiger partial charge in [-0.15, -0.1) is 0 Å². The van der Waals surface area contributed by atoms with Crippen LogP contribution in [0.25, 0.3) is 0 Å². The summed E-state index contributed by atoms with van der Waals surface area (Å²) in [5.74, 6) is 0. The van der Waals surface area contributed by atoms with Gasteiger partial charge in [-0.2, -0.15) is 0 Å². The Kier molecular flexibility index (Phi) is 4.85. The molecular formula is C11H25N3. The first-order valence-corrected chi connectivity index (χ1v) is 5.74. The lowest BCUT2D eigenvalue weighted by Gasteiger charge is -2.28. The molecule has 1 rings (SSSR count). The van der Waals surface area contributed by atoms with Crippen molar-refractivity contribution in [2.75, 3.05) is 33.7 Å². The van der Waals surface area contributed by atoms with E-state index in [0.29, 0.717) is 6.04 Å². The third-order valence-corrected chi connectivity index (χ3v) is 3.12. The topological polar surface area (TPSA) is 32.5 Å². The zero-order valence-electron chi connectivity index (χ0n) is 9.87. The van der Waals surface area contributed by atoms with Crippen LogP contribution in [0.15, 0.2) is 0 Å². The predicted molar refractivity (Wildman–Crippen MR) is 61.4 cm³/mol. The van der Waals surface area contributed by atoms with Crippen LogP contribution in [0.3, 0.4) is 0 Å². The lowest BCUT2D eigenvalue weighted by molar-refractivity contribution is 0.211. The maximum absolute atomic E-state index is 5.81. The molecule has 14 heavy (non-hydrogen) atoms. The molecule has 2 atom stereocenters. The van der Waals surface area contributed by atoms with E-state index in [1.54, 1.807) is 0 Å². The van der Waals surface area contributed by atoms with E-state index < -0.39 is 0 Å². The first-order chi connectivity index (χ1) is 6.59. The van der Waals surface area contributed by atoms with Gasteiger partial charge >= 0.3 is 0 Å². The molecule has 1 fully saturated rings. The van der Waals surface area contributed by atoms with Gasteiger partial charge in [0.1, 0.15) is 0 Å². The van der Waals surface area contributed by atoms with Crippen LogP contribution in [0.5, 0.6) is 0 Å². The highest BCUT2D eigenvalue weighted by atomic mass is 15.2. The minimum atomic E-state index is 0.293. The van der Waals surface area contributed by atoms with E-state index in [4.69, 9.17) is 5.73 Å². The molecule has 0 aliphatic carbocycles. The molecule has 2 N–H and O–H groups in total. The van der Waals surface area contributed by atoms with Crippen LogP contribution in [-0.2, 0) is 0 Å². The van der Waals surface area contributed by atoms with Crippen LogP contribution in [0.4, 0.5) is 0 Å². The molecule has 2 unspecified atom stereocenters. The van der Waals surface area contributed by atoms with Gasteiger partial charge < -0.3 is 15.5 Å². The molecule has 1 aliphatic rings. The fourth-order valence-electron chi connectivity index (χ4n) is 2.27. The maximum Gasteiger partial charge on any atom is 0.0139 e. The number of likely N-dealkylation sites (tertiary alicyclic amines) is 1. The first kappa shape index (κ1) is 12.0. The molecule has 0 amide bonds. The van der Waals surface area contributed by atoms with Crippen molar-refractivity contribution in [3.05, 3.63) is 0 Å². The molecule has 3 nitrogen and oxygen atoms in total. The minimum Gasteiger partial charge on any atom is -0.327 e. The second-order valence-electron chi connectivity index (χ2n) is 4.80. The van der Waals surface area contributed by atoms with E-state index >= 15 is 0 Å². The third kappa shape index (κ3) is 3.95. The molecular weight excluding hydrogens is 174 g/mol. The zero-order valence-corrected chi connectivity index (χ0v) is 9.87. The van der Waals surface area contributed by atoms with Crippen LogP contribution in [0.1, 0.15) is 26.2 Å². The minimum absolute atomic E-state index is 0.293. The number of nitrogens with two attached hydrogens (primary N) is 1. The smallest absolute Gasteiger partial charge is 0.0139 e. The second kappa shape index (κ2) is 5.69. The monoisotopic (exact) mass is 199 g/mol. The second-order valence-corrected chi connectivity index (χ2v) is 4.80. The summed E-state index contributed by atoms with van der Waals surface area (Å²) in [6, 6.07) is 1.03. The van der Waals surface area contributed by atoms with E-state index in [1.165, 1.54) is 32.4 Å². The highest BCUT2D eigenvalue weighted by Gasteiger charge is 2.18. The Bertz CT molecular complexity index is 159. The molecule has 1 aliphatic heterocycles. The maximum atomic E-state index is 5.81. The largest absolute Gasteiger partial charge is 0.327 e. The summed E-state index contributed by atoms with van der Waals surface area (Å²) in [4.78, 5) is 4.86. The Labute approximate surface area is 88.2 Å². The van der Waals surface area contributed by atoms with Crippen molar-refractivity contribution in [1.82, 2.24) is 9.80 Å². The lowest BCUT2D eigenvalue weighted by Crippen LogP contribution is -2.40. The van der Waals surface area contributed by atoms with Gasteiger partial charge in [-0.25, -0.2) is 0 Å². The third-order valence-electron chi connectivity index (χ3n) is 3.12. The van der Waals surface area contributed by atoms with Gasteiger partial charge in [-0.3, -0.25) is 0 Å². The highest BCUT2D eigenvalue weighted by Crippen LogP contribution is 2.14. The van der Waals surface area contributed by atoms with Crippen LogP contribution in [0.2, 0.25) is 0 Å². The lowest BCUT2D eigenvalue weighted by atomic mass is 10.1. The Morgan fingerprint density at radius 2 is 2.14 bits per heavy atom. The molecule has 84 valence electrons. The Balaban J connectivity index is 2.35. The first-order valence-electron chi connectivity index (χ1n) is 5.74. The van der Waals surface area contributed by atoms with Crippen LogP contribution >= 0.6 is 0 Å². The molecule has 0 aromatic rings. The van der Waals surface area contributed by atoms with Crippen LogP contribution in [-0.4, -0.2) is 55.6 Å². The van der Waals surface area contributed by atoms with E-state index in [9.17, 15) is 0 Å². The number of hydrogen-bond donors (Lipinski definition) is 1. The molecule has 0 aromatic carbocycles. The van der Waals surface area contributed by atoms with Crippen molar-refractivity contribution in [2.45, 2.75) is 38.3 Å². The standard InChI is InChI=1S/C11H25N3/c1-10(12)9-14(3)11-5-4-7-13(2)8-6-11/h10-11H,4-9,12H2,1-3H3. The predicted octanol–water partition coefficient (Wildman–Crippen LogP) is 0.750. The number of hydrogen-bond acceptors (Lipinski definition) is 3. The summed E-state index contributed by atoms with van der Waals surface area (Å²) in [6.07, 6.45) is 3.94. The number of likely N-dealkylation sites (N-methyl/N-ethyl adjacent to an activating group) is 1. The van der Waals surface area contributed by atoms with Gasteiger partial charge in [0.05, 0.1) is 0 Å². The van der Waals surface area contributed by atoms with Crippen molar-refractivity contribution in [3.8, 4) is 0 Å². The fourth-order valence-corrected chi connectivity index (χ4v) is 2.27. The molecule has 0 spiro atoms. The molecule has 0 aromatic heterocycles. The summed E-state index contributed by atoms with van der Waals surface area (Å²) >= 11 is 0. The van der Waals surface area contributed by atoms with Crippen molar-refractivity contribution < 1.29 is 0 Å². The van der Waals surface area contributed by atoms with Gasteiger partial charge in [0.15, 0.2) is 0 Å². The van der Waals surface area contributed by atoms with Gasteiger partial charge in [-0.05, 0) is 53.4 Å². The highest BCUT2D eigenvalue weighted by molar-refractivity contribution is 4.76. The van der Waals surface area contributed by atoms with E-state index in [1.807, 2.05) is 0 Å². The Morgan fingerprint density at radius 3 is 2.79 bits per heavy atom. The van der Waals surface area contributed by atoms with Crippen LogP contribution < -0.4 is 5.73 Å². The van der Waals surface area contributed by atoms with Gasteiger partial charge in [0.2, 0.25) is 0 Å². The van der Waals surface area contributed by atoms with E-state index in [-0.39, 0.29) is 0 Å². The molecule has 0 radical (unpaired) electrons. The number of rotatable bonds is 3. The SMILES string of the molecule is CC(N)CN(C)C1CCCN(C)CC1. The van der Waals surface area contributed by atoms with Crippen molar-refractivity contribution in [1.29, 1.82) is 0 Å². The summed E-state index contributed by atoms with van der Waals surface area (Å²) in [7, 11) is 4.42. The zero-order chi connectivity index (χ0) is 10.6. The Morgan fingerprint density at radius 1 is 1.43 bits per heavy atom. The summed E-state index contributed by atoms with van der Waals surface area (Å²) in [6.45, 7) is 5.59. The van der Waals surface area contributed by atoms with E-state index in [0.717, 1.165) is 12.6 Å². The van der Waals surface area contributed by atoms with Gasteiger partial charge in [0, 0.05) is 18.6 Å².